The lowest BCUT2D eigenvalue weighted by atomic mass is 9.47. The first kappa shape index (κ1) is 28.6. The van der Waals surface area contributed by atoms with Crippen molar-refractivity contribution in [2.24, 2.45) is 46.3 Å². The molecule has 39 heavy (non-hydrogen) atoms. The number of rotatable bonds is 8. The van der Waals surface area contributed by atoms with Gasteiger partial charge in [-0.05, 0) is 115 Å². The van der Waals surface area contributed by atoms with Gasteiger partial charge >= 0.3 is 5.97 Å². The van der Waals surface area contributed by atoms with Crippen LogP contribution in [0.25, 0.3) is 0 Å². The molecular formula is C35H54N2O2. The lowest BCUT2D eigenvalue weighted by Gasteiger charge is -2.58. The molecule has 0 aliphatic heterocycles. The fourth-order valence-corrected chi connectivity index (χ4v) is 9.99. The van der Waals surface area contributed by atoms with Crippen LogP contribution in [0, 0.1) is 46.3 Å². The predicted molar refractivity (Wildman–Crippen MR) is 162 cm³/mol. The number of nitrogen functional groups attached to an aromatic ring is 2. The van der Waals surface area contributed by atoms with Crippen molar-refractivity contribution in [3.8, 4) is 0 Å². The molecule has 8 unspecified atom stereocenters. The van der Waals surface area contributed by atoms with E-state index in [0.717, 1.165) is 60.3 Å². The first-order chi connectivity index (χ1) is 18.5. The van der Waals surface area contributed by atoms with Crippen LogP contribution in [-0.4, -0.2) is 12.1 Å². The van der Waals surface area contributed by atoms with Gasteiger partial charge in [-0.25, -0.2) is 0 Å². The molecular weight excluding hydrogens is 480 g/mol. The third kappa shape index (κ3) is 5.64. The highest BCUT2D eigenvalue weighted by molar-refractivity contribution is 5.74. The minimum atomic E-state index is -0.171. The van der Waals surface area contributed by atoms with Crippen LogP contribution in [0.15, 0.2) is 29.8 Å². The molecule has 0 radical (unpaired) electrons. The average molecular weight is 535 g/mol. The number of carbonyl (C=O) groups is 1. The van der Waals surface area contributed by atoms with E-state index in [4.69, 9.17) is 16.2 Å². The molecule has 1 aromatic carbocycles. The second-order valence-electron chi connectivity index (χ2n) is 14.8. The van der Waals surface area contributed by atoms with Gasteiger partial charge in [-0.2, -0.15) is 0 Å². The highest BCUT2D eigenvalue weighted by Crippen LogP contribution is 2.67. The number of hydrogen-bond donors (Lipinski definition) is 2. The number of hydrogen-bond acceptors (Lipinski definition) is 4. The van der Waals surface area contributed by atoms with Crippen LogP contribution in [0.2, 0.25) is 0 Å². The van der Waals surface area contributed by atoms with Crippen molar-refractivity contribution in [3.63, 3.8) is 0 Å². The van der Waals surface area contributed by atoms with E-state index in [1.165, 1.54) is 51.4 Å². The van der Waals surface area contributed by atoms with Gasteiger partial charge in [0.15, 0.2) is 0 Å². The van der Waals surface area contributed by atoms with Gasteiger partial charge in [0.05, 0.1) is 6.42 Å². The molecule has 0 saturated heterocycles. The normalized spacial score (nSPS) is 36.5. The number of allylic oxidation sites excluding steroid dienone is 1. The Morgan fingerprint density at radius 2 is 1.72 bits per heavy atom. The summed E-state index contributed by atoms with van der Waals surface area (Å²) >= 11 is 0. The Balaban J connectivity index is 1.22. The third-order valence-corrected chi connectivity index (χ3v) is 11.9. The molecule has 8 atom stereocenters. The topological polar surface area (TPSA) is 78.3 Å². The van der Waals surface area contributed by atoms with Gasteiger partial charge < -0.3 is 16.2 Å². The van der Waals surface area contributed by atoms with Gasteiger partial charge in [0.2, 0.25) is 0 Å². The van der Waals surface area contributed by atoms with Crippen molar-refractivity contribution in [2.75, 3.05) is 11.5 Å². The van der Waals surface area contributed by atoms with Crippen molar-refractivity contribution in [1.29, 1.82) is 0 Å². The molecule has 3 saturated carbocycles. The maximum Gasteiger partial charge on any atom is 0.310 e. The molecule has 4 heteroatoms. The van der Waals surface area contributed by atoms with Crippen molar-refractivity contribution in [3.05, 3.63) is 35.4 Å². The highest BCUT2D eigenvalue weighted by atomic mass is 16.5. The average Bonchev–Trinajstić information content (AvgIpc) is 3.20. The largest absolute Gasteiger partial charge is 0.462 e. The van der Waals surface area contributed by atoms with Gasteiger partial charge in [-0.15, -0.1) is 0 Å². The molecule has 4 aliphatic rings. The molecule has 0 spiro atoms. The lowest BCUT2D eigenvalue weighted by Crippen LogP contribution is -2.51. The Bertz CT molecular complexity index is 1060. The summed E-state index contributed by atoms with van der Waals surface area (Å²) in [5.74, 6) is 4.91. The smallest absolute Gasteiger partial charge is 0.310 e. The Kier molecular flexibility index (Phi) is 8.15. The zero-order valence-electron chi connectivity index (χ0n) is 25.3. The quantitative estimate of drug-likeness (QED) is 0.200. The molecule has 0 heterocycles. The minimum Gasteiger partial charge on any atom is -0.462 e. The molecule has 3 fully saturated rings. The van der Waals surface area contributed by atoms with Crippen LogP contribution < -0.4 is 11.5 Å². The summed E-state index contributed by atoms with van der Waals surface area (Å²) in [6.07, 6.45) is 16.9. The van der Waals surface area contributed by atoms with Gasteiger partial charge in [0.25, 0.3) is 0 Å². The molecule has 1 aromatic rings. The van der Waals surface area contributed by atoms with E-state index >= 15 is 0 Å². The van der Waals surface area contributed by atoms with Crippen molar-refractivity contribution in [1.82, 2.24) is 0 Å². The van der Waals surface area contributed by atoms with Crippen molar-refractivity contribution >= 4 is 17.3 Å². The van der Waals surface area contributed by atoms with E-state index in [0.29, 0.717) is 16.8 Å². The zero-order valence-corrected chi connectivity index (χ0v) is 25.3. The number of esters is 1. The van der Waals surface area contributed by atoms with E-state index in [1.54, 1.807) is 11.6 Å². The molecule has 0 bridgehead atoms. The number of benzene rings is 1. The summed E-state index contributed by atoms with van der Waals surface area (Å²) in [6, 6.07) is 5.35. The number of ether oxygens (including phenoxy) is 1. The number of fused-ring (bicyclic) bond motifs is 5. The van der Waals surface area contributed by atoms with Crippen molar-refractivity contribution < 1.29 is 9.53 Å². The van der Waals surface area contributed by atoms with Crippen LogP contribution in [0.1, 0.15) is 111 Å². The molecule has 4 N–H and O–H groups in total. The van der Waals surface area contributed by atoms with Crippen LogP contribution in [0.4, 0.5) is 11.4 Å². The number of nitrogens with two attached hydrogens (primary N) is 2. The number of carbonyl (C=O) groups excluding carboxylic acids is 1. The summed E-state index contributed by atoms with van der Waals surface area (Å²) in [5, 5.41) is 0. The first-order valence-corrected chi connectivity index (χ1v) is 16.0. The zero-order chi connectivity index (χ0) is 27.9. The van der Waals surface area contributed by atoms with Crippen LogP contribution >= 0.6 is 0 Å². The molecule has 4 aliphatic carbocycles. The van der Waals surface area contributed by atoms with E-state index in [9.17, 15) is 4.79 Å². The second kappa shape index (κ2) is 11.1. The summed E-state index contributed by atoms with van der Waals surface area (Å²) < 4.78 is 6.02. The van der Waals surface area contributed by atoms with Crippen LogP contribution in [-0.2, 0) is 16.0 Å². The maximum absolute atomic E-state index is 12.8. The Morgan fingerprint density at radius 3 is 2.44 bits per heavy atom. The first-order valence-electron chi connectivity index (χ1n) is 16.0. The van der Waals surface area contributed by atoms with E-state index in [2.05, 4.69) is 40.7 Å². The SMILES string of the molecule is CC(C)CCCC(C)C1CCC2C3CC=C4CC(OC(=O)Cc5cc(N)cc(N)c5)CCC4(C)C3CCC12C. The Hall–Kier alpha value is -1.97. The Labute approximate surface area is 237 Å². The fourth-order valence-electron chi connectivity index (χ4n) is 9.99. The Morgan fingerprint density at radius 1 is 0.974 bits per heavy atom. The van der Waals surface area contributed by atoms with Gasteiger partial charge in [-0.3, -0.25) is 4.79 Å². The van der Waals surface area contributed by atoms with E-state index in [1.807, 2.05) is 12.1 Å². The van der Waals surface area contributed by atoms with Crippen molar-refractivity contribution in [2.45, 2.75) is 118 Å². The highest BCUT2D eigenvalue weighted by Gasteiger charge is 2.59. The van der Waals surface area contributed by atoms with Gasteiger partial charge in [-0.1, -0.05) is 65.5 Å². The standard InChI is InChI=1S/C35H54N2O2/c1-22(2)7-6-8-23(3)30-11-12-31-29-10-9-25-20-28(13-15-34(25,4)32(29)14-16-35(30,31)5)39-33(38)19-24-17-26(36)21-27(37)18-24/h9,17-18,21-23,28-32H,6-8,10-16,19-20,36-37H2,1-5H3. The summed E-state index contributed by atoms with van der Waals surface area (Å²) in [5.41, 5.74) is 16.2. The molecule has 4 nitrogen and oxygen atoms in total. The molecule has 0 aromatic heterocycles. The lowest BCUT2D eigenvalue weighted by molar-refractivity contribution is -0.150. The second-order valence-corrected chi connectivity index (χ2v) is 14.8. The fraction of sp³-hybridized carbons (Fsp3) is 0.743. The third-order valence-electron chi connectivity index (χ3n) is 11.9. The van der Waals surface area contributed by atoms with E-state index < -0.39 is 0 Å². The minimum absolute atomic E-state index is 0.0109. The van der Waals surface area contributed by atoms with E-state index in [-0.39, 0.29) is 23.9 Å². The molecule has 0 amide bonds. The maximum atomic E-state index is 12.8. The summed E-state index contributed by atoms with van der Waals surface area (Å²) in [4.78, 5) is 12.8. The van der Waals surface area contributed by atoms with Gasteiger partial charge in [0.1, 0.15) is 6.10 Å². The number of anilines is 2. The van der Waals surface area contributed by atoms with Crippen LogP contribution in [0.3, 0.4) is 0 Å². The molecule has 5 rings (SSSR count). The predicted octanol–water partition coefficient (Wildman–Crippen LogP) is 8.35. The van der Waals surface area contributed by atoms with Crippen LogP contribution in [0.5, 0.6) is 0 Å². The molecule has 216 valence electrons. The van der Waals surface area contributed by atoms with Gasteiger partial charge in [0, 0.05) is 17.8 Å². The summed E-state index contributed by atoms with van der Waals surface area (Å²) in [7, 11) is 0. The monoisotopic (exact) mass is 534 g/mol. The summed E-state index contributed by atoms with van der Waals surface area (Å²) in [6.45, 7) is 12.5.